The van der Waals surface area contributed by atoms with Crippen LogP contribution in [0.5, 0.6) is 0 Å². The third kappa shape index (κ3) is 4.95. The summed E-state index contributed by atoms with van der Waals surface area (Å²) in [5.74, 6) is -0.879. The number of urea groups is 1. The third-order valence-electron chi connectivity index (χ3n) is 3.84. The van der Waals surface area contributed by atoms with Crippen molar-refractivity contribution in [3.63, 3.8) is 0 Å². The maximum absolute atomic E-state index is 13.2. The number of benzene rings is 2. The van der Waals surface area contributed by atoms with Crippen LogP contribution in [0.4, 0.5) is 20.6 Å². The van der Waals surface area contributed by atoms with Crippen LogP contribution in [-0.4, -0.2) is 30.4 Å². The van der Waals surface area contributed by atoms with E-state index < -0.39 is 11.8 Å². The van der Waals surface area contributed by atoms with E-state index in [0.717, 1.165) is 28.4 Å². The van der Waals surface area contributed by atoms with Crippen LogP contribution in [0.2, 0.25) is 5.02 Å². The van der Waals surface area contributed by atoms with Crippen LogP contribution in [0.15, 0.2) is 30.3 Å². The lowest BCUT2D eigenvalue weighted by Gasteiger charge is -2.19. The Kier molecular flexibility index (Phi) is 6.21. The van der Waals surface area contributed by atoms with Crippen molar-refractivity contribution in [3.05, 3.63) is 57.9 Å². The van der Waals surface area contributed by atoms with Crippen LogP contribution < -0.4 is 10.6 Å². The number of hydrogen-bond donors (Lipinski definition) is 2. The second kappa shape index (κ2) is 8.19. The Labute approximate surface area is 157 Å². The number of rotatable bonds is 4. The molecule has 0 aliphatic carbocycles. The molecule has 0 atom stereocenters. The fourth-order valence-corrected chi connectivity index (χ4v) is 2.82. The lowest BCUT2D eigenvalue weighted by Crippen LogP contribution is -2.37. The summed E-state index contributed by atoms with van der Waals surface area (Å²) in [6, 6.07) is 7.33. The predicted molar refractivity (Wildman–Crippen MR) is 102 cm³/mol. The average molecular weight is 378 g/mol. The van der Waals surface area contributed by atoms with Gasteiger partial charge in [-0.15, -0.1) is 0 Å². The topological polar surface area (TPSA) is 61.4 Å². The van der Waals surface area contributed by atoms with E-state index in [1.807, 2.05) is 32.9 Å². The Morgan fingerprint density at radius 2 is 1.69 bits per heavy atom. The second-order valence-corrected chi connectivity index (χ2v) is 6.64. The van der Waals surface area contributed by atoms with Crippen molar-refractivity contribution in [2.24, 2.45) is 0 Å². The van der Waals surface area contributed by atoms with Gasteiger partial charge in [0.1, 0.15) is 12.4 Å². The molecule has 0 bridgehead atoms. The van der Waals surface area contributed by atoms with Crippen molar-refractivity contribution in [3.8, 4) is 0 Å². The highest BCUT2D eigenvalue weighted by molar-refractivity contribution is 6.31. The average Bonchev–Trinajstić information content (AvgIpc) is 2.54. The SMILES string of the molecule is Cc1cc(C)c(NC(=O)CN(C)C(=O)Nc2ccc(F)c(Cl)c2)c(C)c1. The maximum atomic E-state index is 13.2. The number of nitrogens with one attached hydrogen (secondary N) is 2. The molecule has 0 unspecified atom stereocenters. The molecule has 5 nitrogen and oxygen atoms in total. The molecule has 0 spiro atoms. The predicted octanol–water partition coefficient (Wildman–Crippen LogP) is 4.51. The van der Waals surface area contributed by atoms with Crippen LogP contribution in [0.25, 0.3) is 0 Å². The van der Waals surface area contributed by atoms with Gasteiger partial charge in [-0.25, -0.2) is 9.18 Å². The van der Waals surface area contributed by atoms with Gasteiger partial charge in [-0.3, -0.25) is 4.79 Å². The van der Waals surface area contributed by atoms with Crippen LogP contribution in [0.1, 0.15) is 16.7 Å². The molecule has 0 aromatic heterocycles. The number of aryl methyl sites for hydroxylation is 3. The Bertz CT molecular complexity index is 832. The summed E-state index contributed by atoms with van der Waals surface area (Å²) < 4.78 is 13.2. The lowest BCUT2D eigenvalue weighted by molar-refractivity contribution is -0.116. The first-order valence-corrected chi connectivity index (χ1v) is 8.40. The summed E-state index contributed by atoms with van der Waals surface area (Å²) >= 11 is 5.69. The van der Waals surface area contributed by atoms with Gasteiger partial charge in [0.05, 0.1) is 5.02 Å². The minimum atomic E-state index is -0.568. The summed E-state index contributed by atoms with van der Waals surface area (Å²) in [4.78, 5) is 25.7. The molecule has 0 aliphatic heterocycles. The van der Waals surface area contributed by atoms with E-state index in [1.165, 1.54) is 24.1 Å². The van der Waals surface area contributed by atoms with Gasteiger partial charge in [0, 0.05) is 18.4 Å². The van der Waals surface area contributed by atoms with Gasteiger partial charge in [0.2, 0.25) is 5.91 Å². The summed E-state index contributed by atoms with van der Waals surface area (Å²) in [5, 5.41) is 5.32. The van der Waals surface area contributed by atoms with E-state index >= 15 is 0 Å². The van der Waals surface area contributed by atoms with Gasteiger partial charge in [0.25, 0.3) is 0 Å². The van der Waals surface area contributed by atoms with E-state index in [9.17, 15) is 14.0 Å². The minimum Gasteiger partial charge on any atom is -0.324 e. The van der Waals surface area contributed by atoms with Crippen LogP contribution in [0.3, 0.4) is 0 Å². The molecule has 0 fully saturated rings. The van der Waals surface area contributed by atoms with Gasteiger partial charge < -0.3 is 15.5 Å². The quantitative estimate of drug-likeness (QED) is 0.823. The van der Waals surface area contributed by atoms with Crippen molar-refractivity contribution in [2.75, 3.05) is 24.2 Å². The molecular weight excluding hydrogens is 357 g/mol. The number of hydrogen-bond acceptors (Lipinski definition) is 2. The number of anilines is 2. The normalized spacial score (nSPS) is 10.4. The van der Waals surface area contributed by atoms with Crippen LogP contribution in [-0.2, 0) is 4.79 Å². The van der Waals surface area contributed by atoms with E-state index in [2.05, 4.69) is 10.6 Å². The van der Waals surface area contributed by atoms with Gasteiger partial charge in [-0.05, 0) is 50.1 Å². The molecule has 0 saturated carbocycles. The Morgan fingerprint density at radius 1 is 1.08 bits per heavy atom. The molecule has 138 valence electrons. The highest BCUT2D eigenvalue weighted by atomic mass is 35.5. The van der Waals surface area contributed by atoms with Crippen LogP contribution in [0, 0.1) is 26.6 Å². The summed E-state index contributed by atoms with van der Waals surface area (Å²) in [5.41, 5.74) is 4.14. The molecule has 2 aromatic rings. The second-order valence-electron chi connectivity index (χ2n) is 6.24. The zero-order chi connectivity index (χ0) is 19.4. The summed E-state index contributed by atoms with van der Waals surface area (Å²) in [7, 11) is 1.49. The monoisotopic (exact) mass is 377 g/mol. The molecule has 26 heavy (non-hydrogen) atoms. The standard InChI is InChI=1S/C19H21ClFN3O2/c1-11-7-12(2)18(13(3)8-11)23-17(25)10-24(4)19(26)22-14-5-6-16(21)15(20)9-14/h5-9H,10H2,1-4H3,(H,22,26)(H,23,25). The number of amides is 3. The molecule has 2 N–H and O–H groups in total. The molecule has 7 heteroatoms. The Hall–Kier alpha value is -2.60. The Balaban J connectivity index is 1.98. The molecule has 0 saturated heterocycles. The first-order valence-electron chi connectivity index (χ1n) is 8.02. The number of likely N-dealkylation sites (N-methyl/N-ethyl adjacent to an activating group) is 1. The van der Waals surface area contributed by atoms with E-state index in [0.29, 0.717) is 5.69 Å². The van der Waals surface area contributed by atoms with E-state index in [-0.39, 0.29) is 17.5 Å². The van der Waals surface area contributed by atoms with Crippen molar-refractivity contribution >= 4 is 34.9 Å². The number of carbonyl (C=O) groups excluding carboxylic acids is 2. The molecule has 3 amide bonds. The molecule has 0 heterocycles. The first kappa shape index (κ1) is 19.7. The van der Waals surface area contributed by atoms with Crippen molar-refractivity contribution < 1.29 is 14.0 Å². The molecule has 0 radical (unpaired) electrons. The zero-order valence-electron chi connectivity index (χ0n) is 15.1. The smallest absolute Gasteiger partial charge is 0.322 e. The number of carbonyl (C=O) groups is 2. The summed E-state index contributed by atoms with van der Waals surface area (Å²) in [6.07, 6.45) is 0. The highest BCUT2D eigenvalue weighted by Crippen LogP contribution is 2.22. The molecule has 2 rings (SSSR count). The molecule has 0 aliphatic rings. The third-order valence-corrected chi connectivity index (χ3v) is 4.13. The Morgan fingerprint density at radius 3 is 2.27 bits per heavy atom. The molecule has 2 aromatic carbocycles. The first-order chi connectivity index (χ1) is 12.2. The van der Waals surface area contributed by atoms with E-state index in [1.54, 1.807) is 0 Å². The summed E-state index contributed by atoms with van der Waals surface area (Å²) in [6.45, 7) is 5.70. The maximum Gasteiger partial charge on any atom is 0.322 e. The number of nitrogens with zero attached hydrogens (tertiary/aromatic N) is 1. The zero-order valence-corrected chi connectivity index (χ0v) is 15.9. The van der Waals surface area contributed by atoms with Gasteiger partial charge >= 0.3 is 6.03 Å². The van der Waals surface area contributed by atoms with Crippen LogP contribution >= 0.6 is 11.6 Å². The van der Waals surface area contributed by atoms with Gasteiger partial charge in [-0.1, -0.05) is 29.3 Å². The van der Waals surface area contributed by atoms with E-state index in [4.69, 9.17) is 11.6 Å². The van der Waals surface area contributed by atoms with Gasteiger partial charge in [0.15, 0.2) is 0 Å². The largest absolute Gasteiger partial charge is 0.324 e. The fourth-order valence-electron chi connectivity index (χ4n) is 2.64. The fraction of sp³-hybridized carbons (Fsp3) is 0.263. The minimum absolute atomic E-state index is 0.0893. The van der Waals surface area contributed by atoms with Crippen molar-refractivity contribution in [2.45, 2.75) is 20.8 Å². The van der Waals surface area contributed by atoms with Crippen molar-refractivity contribution in [1.82, 2.24) is 4.90 Å². The number of halogens is 2. The van der Waals surface area contributed by atoms with Crippen molar-refractivity contribution in [1.29, 1.82) is 0 Å². The highest BCUT2D eigenvalue weighted by Gasteiger charge is 2.15. The van der Waals surface area contributed by atoms with Gasteiger partial charge in [-0.2, -0.15) is 0 Å². The lowest BCUT2D eigenvalue weighted by atomic mass is 10.1. The molecular formula is C19H21ClFN3O2.